The van der Waals surface area contributed by atoms with Crippen LogP contribution in [0.5, 0.6) is 5.75 Å². The summed E-state index contributed by atoms with van der Waals surface area (Å²) >= 11 is 10.9. The molecule has 0 aromatic heterocycles. The summed E-state index contributed by atoms with van der Waals surface area (Å²) in [5, 5.41) is 3.25. The Morgan fingerprint density at radius 2 is 2.21 bits per heavy atom. The van der Waals surface area contributed by atoms with Crippen molar-refractivity contribution in [1.29, 1.82) is 0 Å². The van der Waals surface area contributed by atoms with Crippen molar-refractivity contribution >= 4 is 40.4 Å². The first-order valence-electron chi connectivity index (χ1n) is 5.80. The molecule has 19 heavy (non-hydrogen) atoms. The Balaban J connectivity index is 2.96. The zero-order chi connectivity index (χ0) is 14.6. The summed E-state index contributed by atoms with van der Waals surface area (Å²) in [6.07, 6.45) is 0.527. The zero-order valence-electron chi connectivity index (χ0n) is 11.1. The highest BCUT2D eigenvalue weighted by atomic mass is 35.5. The predicted octanol–water partition coefficient (Wildman–Crippen LogP) is 2.99. The van der Waals surface area contributed by atoms with Gasteiger partial charge in [0, 0.05) is 11.8 Å². The van der Waals surface area contributed by atoms with E-state index in [1.54, 1.807) is 25.1 Å². The number of benzene rings is 1. The average Bonchev–Trinajstić information content (AvgIpc) is 2.39. The normalized spacial score (nSPS) is 13.5. The molecule has 0 aliphatic heterocycles. The molecule has 1 amide bonds. The van der Waals surface area contributed by atoms with Crippen LogP contribution in [0.25, 0.3) is 0 Å². The Morgan fingerprint density at radius 3 is 2.68 bits per heavy atom. The van der Waals surface area contributed by atoms with Gasteiger partial charge in [0.15, 0.2) is 0 Å². The van der Waals surface area contributed by atoms with Crippen molar-refractivity contribution in [2.75, 3.05) is 12.4 Å². The summed E-state index contributed by atoms with van der Waals surface area (Å²) in [5.74, 6) is 0.250. The van der Waals surface area contributed by atoms with E-state index in [-0.39, 0.29) is 10.9 Å². The Morgan fingerprint density at radius 1 is 1.58 bits per heavy atom. The van der Waals surface area contributed by atoms with Crippen LogP contribution in [0.4, 0.5) is 5.69 Å². The Bertz CT molecular complexity index is 507. The number of thiocarbonyl (C=S) groups is 1. The molecule has 1 atom stereocenters. The van der Waals surface area contributed by atoms with Gasteiger partial charge in [0.05, 0.1) is 22.5 Å². The van der Waals surface area contributed by atoms with Gasteiger partial charge in [0.25, 0.3) is 0 Å². The van der Waals surface area contributed by atoms with Crippen LogP contribution >= 0.6 is 23.8 Å². The minimum absolute atomic E-state index is 0.174. The molecule has 1 rings (SSSR count). The maximum Gasteiger partial charge on any atom is 0.237 e. The highest BCUT2D eigenvalue weighted by Gasteiger charge is 2.34. The number of carbonyl (C=O) groups excluding carboxylic acids is 1. The SMILES string of the molecule is CCC(C)(C(=O)Nc1ccc(Cl)c(OC)c1)C(N)=S. The lowest BCUT2D eigenvalue weighted by Gasteiger charge is -2.25. The number of anilines is 1. The lowest BCUT2D eigenvalue weighted by Crippen LogP contribution is -2.43. The van der Waals surface area contributed by atoms with E-state index in [4.69, 9.17) is 34.3 Å². The predicted molar refractivity (Wildman–Crippen MR) is 81.8 cm³/mol. The summed E-state index contributed by atoms with van der Waals surface area (Å²) in [6.45, 7) is 3.58. The van der Waals surface area contributed by atoms with Crippen LogP contribution < -0.4 is 15.8 Å². The van der Waals surface area contributed by atoms with Gasteiger partial charge >= 0.3 is 0 Å². The third-order valence-electron chi connectivity index (χ3n) is 3.16. The Hall–Kier alpha value is -1.33. The number of amides is 1. The molecule has 0 bridgehead atoms. The monoisotopic (exact) mass is 300 g/mol. The molecule has 0 aliphatic rings. The van der Waals surface area contributed by atoms with Gasteiger partial charge < -0.3 is 15.8 Å². The van der Waals surface area contributed by atoms with Crippen molar-refractivity contribution in [3.8, 4) is 5.75 Å². The number of methoxy groups -OCH3 is 1. The van der Waals surface area contributed by atoms with Gasteiger partial charge in [-0.25, -0.2) is 0 Å². The van der Waals surface area contributed by atoms with Gasteiger partial charge in [-0.05, 0) is 25.5 Å². The van der Waals surface area contributed by atoms with Crippen LogP contribution in [-0.2, 0) is 4.79 Å². The standard InChI is InChI=1S/C13H17ClN2O2S/c1-4-13(2,11(15)19)12(17)16-8-5-6-9(14)10(7-8)18-3/h5-7H,4H2,1-3H3,(H2,15,19)(H,16,17). The molecule has 0 saturated carbocycles. The molecule has 0 spiro atoms. The van der Waals surface area contributed by atoms with E-state index in [2.05, 4.69) is 5.32 Å². The van der Waals surface area contributed by atoms with Crippen molar-refractivity contribution in [1.82, 2.24) is 0 Å². The molecule has 0 heterocycles. The average molecular weight is 301 g/mol. The number of carbonyl (C=O) groups is 1. The van der Waals surface area contributed by atoms with E-state index in [0.717, 1.165) is 0 Å². The van der Waals surface area contributed by atoms with Crippen molar-refractivity contribution in [2.24, 2.45) is 11.1 Å². The van der Waals surface area contributed by atoms with E-state index in [1.165, 1.54) is 7.11 Å². The summed E-state index contributed by atoms with van der Waals surface area (Å²) < 4.78 is 5.09. The quantitative estimate of drug-likeness (QED) is 0.821. The first-order chi connectivity index (χ1) is 8.85. The molecule has 6 heteroatoms. The summed E-state index contributed by atoms with van der Waals surface area (Å²) in [7, 11) is 1.51. The van der Waals surface area contributed by atoms with Crippen LogP contribution in [0.2, 0.25) is 5.02 Å². The van der Waals surface area contributed by atoms with Crippen molar-refractivity contribution < 1.29 is 9.53 Å². The summed E-state index contributed by atoms with van der Waals surface area (Å²) in [6, 6.07) is 4.99. The van der Waals surface area contributed by atoms with Crippen LogP contribution in [-0.4, -0.2) is 18.0 Å². The first kappa shape index (κ1) is 15.7. The van der Waals surface area contributed by atoms with E-state index >= 15 is 0 Å². The number of ether oxygens (including phenoxy) is 1. The van der Waals surface area contributed by atoms with Crippen LogP contribution in [0.3, 0.4) is 0 Å². The molecular formula is C13H17ClN2O2S. The van der Waals surface area contributed by atoms with E-state index in [9.17, 15) is 4.79 Å². The number of rotatable bonds is 5. The number of nitrogens with two attached hydrogens (primary N) is 1. The van der Waals surface area contributed by atoms with Crippen molar-refractivity contribution in [2.45, 2.75) is 20.3 Å². The second kappa shape index (κ2) is 6.21. The van der Waals surface area contributed by atoms with Gasteiger partial charge in [-0.3, -0.25) is 4.79 Å². The van der Waals surface area contributed by atoms with Crippen LogP contribution in [0, 0.1) is 5.41 Å². The van der Waals surface area contributed by atoms with E-state index in [1.807, 2.05) is 6.92 Å². The fraction of sp³-hybridized carbons (Fsp3) is 0.385. The lowest BCUT2D eigenvalue weighted by atomic mass is 9.86. The molecule has 1 unspecified atom stereocenters. The third kappa shape index (κ3) is 3.36. The first-order valence-corrected chi connectivity index (χ1v) is 6.58. The van der Waals surface area contributed by atoms with E-state index in [0.29, 0.717) is 22.9 Å². The summed E-state index contributed by atoms with van der Waals surface area (Å²) in [4.78, 5) is 12.4. The third-order valence-corrected chi connectivity index (χ3v) is 3.92. The smallest absolute Gasteiger partial charge is 0.237 e. The molecule has 3 N–H and O–H groups in total. The van der Waals surface area contributed by atoms with Gasteiger partial charge in [-0.15, -0.1) is 0 Å². The second-order valence-corrected chi connectivity index (χ2v) is 5.20. The Kier molecular flexibility index (Phi) is 5.14. The van der Waals surface area contributed by atoms with Crippen LogP contribution in [0.1, 0.15) is 20.3 Å². The zero-order valence-corrected chi connectivity index (χ0v) is 12.7. The molecule has 0 aliphatic carbocycles. The molecular weight excluding hydrogens is 284 g/mol. The van der Waals surface area contributed by atoms with Crippen molar-refractivity contribution in [3.63, 3.8) is 0 Å². The van der Waals surface area contributed by atoms with E-state index < -0.39 is 5.41 Å². The maximum absolute atomic E-state index is 12.2. The topological polar surface area (TPSA) is 64.3 Å². The van der Waals surface area contributed by atoms with Crippen LogP contribution in [0.15, 0.2) is 18.2 Å². The fourth-order valence-electron chi connectivity index (χ4n) is 1.45. The number of hydrogen-bond donors (Lipinski definition) is 2. The molecule has 104 valence electrons. The molecule has 0 fully saturated rings. The molecule has 1 aromatic carbocycles. The molecule has 0 saturated heterocycles. The fourth-order valence-corrected chi connectivity index (χ4v) is 1.89. The second-order valence-electron chi connectivity index (χ2n) is 4.35. The molecule has 4 nitrogen and oxygen atoms in total. The molecule has 0 radical (unpaired) electrons. The highest BCUT2D eigenvalue weighted by Crippen LogP contribution is 2.29. The van der Waals surface area contributed by atoms with Gasteiger partial charge in [0.2, 0.25) is 5.91 Å². The van der Waals surface area contributed by atoms with Crippen molar-refractivity contribution in [3.05, 3.63) is 23.2 Å². The largest absolute Gasteiger partial charge is 0.495 e. The van der Waals surface area contributed by atoms with Gasteiger partial charge in [-0.2, -0.15) is 0 Å². The summed E-state index contributed by atoms with van der Waals surface area (Å²) in [5.41, 5.74) is 5.35. The highest BCUT2D eigenvalue weighted by molar-refractivity contribution is 7.80. The van der Waals surface area contributed by atoms with Gasteiger partial charge in [0.1, 0.15) is 5.75 Å². The minimum Gasteiger partial charge on any atom is -0.495 e. The lowest BCUT2D eigenvalue weighted by molar-refractivity contribution is -0.121. The number of nitrogens with one attached hydrogen (secondary N) is 1. The minimum atomic E-state index is -0.873. The number of hydrogen-bond acceptors (Lipinski definition) is 3. The molecule has 1 aromatic rings. The maximum atomic E-state index is 12.2. The van der Waals surface area contributed by atoms with Gasteiger partial charge in [-0.1, -0.05) is 30.7 Å². The number of halogens is 1. The Labute approximate surface area is 123 Å².